The van der Waals surface area contributed by atoms with Gasteiger partial charge in [-0.2, -0.15) is 0 Å². The van der Waals surface area contributed by atoms with Crippen molar-refractivity contribution in [2.75, 3.05) is 32.1 Å². The summed E-state index contributed by atoms with van der Waals surface area (Å²) in [6.07, 6.45) is 1.75. The largest absolute Gasteiger partial charge is 0.497 e. The zero-order valence-corrected chi connectivity index (χ0v) is 15.4. The van der Waals surface area contributed by atoms with Gasteiger partial charge in [0.25, 0.3) is 5.91 Å². The van der Waals surface area contributed by atoms with Gasteiger partial charge < -0.3 is 24.2 Å². The molecule has 8 heteroatoms. The Bertz CT molecular complexity index is 798. The van der Waals surface area contributed by atoms with Gasteiger partial charge in [0.05, 0.1) is 13.2 Å². The van der Waals surface area contributed by atoms with E-state index in [2.05, 4.69) is 10.5 Å². The van der Waals surface area contributed by atoms with Crippen molar-refractivity contribution in [3.63, 3.8) is 0 Å². The van der Waals surface area contributed by atoms with Crippen molar-refractivity contribution in [3.8, 4) is 5.75 Å². The second-order valence-electron chi connectivity index (χ2n) is 6.42. The number of amides is 2. The number of carbonyl (C=O) groups is 2. The molecule has 1 atom stereocenters. The third-order valence-corrected chi connectivity index (χ3v) is 4.28. The standard InChI is InChI=1S/C19H23N3O5/c1-13-9-17(21-27-13)20-18(23)12-22(11-16-7-4-8-26-16)19(24)14-5-3-6-15(10-14)25-2/h3,5-6,9-10,16H,4,7-8,11-12H2,1-2H3,(H,20,21,23). The van der Waals surface area contributed by atoms with Crippen molar-refractivity contribution in [2.24, 2.45) is 0 Å². The van der Waals surface area contributed by atoms with Crippen LogP contribution in [0.5, 0.6) is 5.75 Å². The van der Waals surface area contributed by atoms with Gasteiger partial charge in [-0.05, 0) is 38.0 Å². The van der Waals surface area contributed by atoms with Crippen molar-refractivity contribution in [3.05, 3.63) is 41.7 Å². The molecule has 1 aromatic heterocycles. The number of nitrogens with zero attached hydrogens (tertiary/aromatic N) is 2. The highest BCUT2D eigenvalue weighted by molar-refractivity contribution is 5.99. The summed E-state index contributed by atoms with van der Waals surface area (Å²) in [7, 11) is 1.54. The number of anilines is 1. The number of benzene rings is 1. The fourth-order valence-corrected chi connectivity index (χ4v) is 2.97. The lowest BCUT2D eigenvalue weighted by molar-refractivity contribution is -0.117. The van der Waals surface area contributed by atoms with Crippen molar-refractivity contribution in [2.45, 2.75) is 25.9 Å². The van der Waals surface area contributed by atoms with Gasteiger partial charge in [0.1, 0.15) is 18.1 Å². The fourth-order valence-electron chi connectivity index (χ4n) is 2.97. The molecule has 0 aliphatic carbocycles. The topological polar surface area (TPSA) is 93.9 Å². The molecule has 1 saturated heterocycles. The third-order valence-electron chi connectivity index (χ3n) is 4.28. The van der Waals surface area contributed by atoms with Crippen LogP contribution in [-0.4, -0.2) is 54.8 Å². The number of ether oxygens (including phenoxy) is 2. The van der Waals surface area contributed by atoms with E-state index >= 15 is 0 Å². The Labute approximate surface area is 157 Å². The van der Waals surface area contributed by atoms with Crippen molar-refractivity contribution in [1.29, 1.82) is 0 Å². The van der Waals surface area contributed by atoms with E-state index < -0.39 is 0 Å². The maximum Gasteiger partial charge on any atom is 0.254 e. The average molecular weight is 373 g/mol. The van der Waals surface area contributed by atoms with Crippen LogP contribution in [-0.2, 0) is 9.53 Å². The van der Waals surface area contributed by atoms with Crippen LogP contribution in [0.1, 0.15) is 29.0 Å². The van der Waals surface area contributed by atoms with Gasteiger partial charge in [0.15, 0.2) is 5.82 Å². The minimum Gasteiger partial charge on any atom is -0.497 e. The number of aryl methyl sites for hydroxylation is 1. The molecule has 0 spiro atoms. The Morgan fingerprint density at radius 2 is 2.22 bits per heavy atom. The van der Waals surface area contributed by atoms with Crippen LogP contribution in [0.2, 0.25) is 0 Å². The van der Waals surface area contributed by atoms with Gasteiger partial charge in [-0.15, -0.1) is 0 Å². The smallest absolute Gasteiger partial charge is 0.254 e. The van der Waals surface area contributed by atoms with Crippen LogP contribution < -0.4 is 10.1 Å². The van der Waals surface area contributed by atoms with E-state index in [0.29, 0.717) is 36.0 Å². The Morgan fingerprint density at radius 3 is 2.89 bits per heavy atom. The first-order valence-electron chi connectivity index (χ1n) is 8.83. The van der Waals surface area contributed by atoms with Crippen LogP contribution in [0.25, 0.3) is 0 Å². The second-order valence-corrected chi connectivity index (χ2v) is 6.42. The van der Waals surface area contributed by atoms with Gasteiger partial charge in [0.2, 0.25) is 5.91 Å². The second kappa shape index (κ2) is 8.68. The number of aromatic nitrogens is 1. The lowest BCUT2D eigenvalue weighted by Gasteiger charge is -2.25. The molecule has 2 heterocycles. The monoisotopic (exact) mass is 373 g/mol. The van der Waals surface area contributed by atoms with Crippen LogP contribution in [0.3, 0.4) is 0 Å². The lowest BCUT2D eigenvalue weighted by atomic mass is 10.1. The summed E-state index contributed by atoms with van der Waals surface area (Å²) < 4.78 is 15.8. The molecule has 8 nitrogen and oxygen atoms in total. The van der Waals surface area contributed by atoms with E-state index in [0.717, 1.165) is 12.8 Å². The first-order chi connectivity index (χ1) is 13.0. The SMILES string of the molecule is COc1cccc(C(=O)N(CC(=O)Nc2cc(C)on2)CC2CCCO2)c1. The summed E-state index contributed by atoms with van der Waals surface area (Å²) in [4.78, 5) is 26.9. The molecule has 27 heavy (non-hydrogen) atoms. The van der Waals surface area contributed by atoms with Crippen LogP contribution in [0.4, 0.5) is 5.82 Å². The summed E-state index contributed by atoms with van der Waals surface area (Å²) >= 11 is 0. The third kappa shape index (κ3) is 5.07. The molecule has 0 bridgehead atoms. The molecule has 1 unspecified atom stereocenters. The van der Waals surface area contributed by atoms with Crippen molar-refractivity contribution in [1.82, 2.24) is 10.1 Å². The summed E-state index contributed by atoms with van der Waals surface area (Å²) in [5.41, 5.74) is 0.456. The zero-order chi connectivity index (χ0) is 19.2. The summed E-state index contributed by atoms with van der Waals surface area (Å²) in [5.74, 6) is 0.895. The molecular formula is C19H23N3O5. The maximum atomic E-state index is 13.0. The van der Waals surface area contributed by atoms with E-state index in [1.807, 2.05) is 0 Å². The molecule has 1 N–H and O–H groups in total. The number of rotatable bonds is 7. The minimum absolute atomic E-state index is 0.0679. The molecule has 1 aromatic carbocycles. The maximum absolute atomic E-state index is 13.0. The molecular weight excluding hydrogens is 350 g/mol. The van der Waals surface area contributed by atoms with Gasteiger partial charge in [-0.1, -0.05) is 11.2 Å². The number of hydrogen-bond donors (Lipinski definition) is 1. The van der Waals surface area contributed by atoms with Gasteiger partial charge in [0, 0.05) is 24.8 Å². The molecule has 0 saturated carbocycles. The molecule has 1 aliphatic heterocycles. The molecule has 2 aromatic rings. The predicted molar refractivity (Wildman–Crippen MR) is 97.7 cm³/mol. The van der Waals surface area contributed by atoms with E-state index in [-0.39, 0.29) is 24.5 Å². The molecule has 1 aliphatic rings. The highest BCUT2D eigenvalue weighted by Gasteiger charge is 2.25. The van der Waals surface area contributed by atoms with E-state index in [4.69, 9.17) is 14.0 Å². The quantitative estimate of drug-likeness (QED) is 0.800. The number of methoxy groups -OCH3 is 1. The van der Waals surface area contributed by atoms with Gasteiger partial charge in [-0.3, -0.25) is 9.59 Å². The van der Waals surface area contributed by atoms with E-state index in [1.165, 1.54) is 4.90 Å². The van der Waals surface area contributed by atoms with E-state index in [1.54, 1.807) is 44.4 Å². The van der Waals surface area contributed by atoms with E-state index in [9.17, 15) is 9.59 Å². The number of nitrogens with one attached hydrogen (secondary N) is 1. The Hall–Kier alpha value is -2.87. The molecule has 144 valence electrons. The highest BCUT2D eigenvalue weighted by atomic mass is 16.5. The van der Waals surface area contributed by atoms with Gasteiger partial charge >= 0.3 is 0 Å². The minimum atomic E-state index is -0.349. The average Bonchev–Trinajstić information content (AvgIpc) is 3.32. The lowest BCUT2D eigenvalue weighted by Crippen LogP contribution is -2.42. The zero-order valence-electron chi connectivity index (χ0n) is 15.4. The normalized spacial score (nSPS) is 16.1. The van der Waals surface area contributed by atoms with Crippen LogP contribution >= 0.6 is 0 Å². The molecule has 3 rings (SSSR count). The molecule has 2 amide bonds. The Morgan fingerprint density at radius 1 is 1.37 bits per heavy atom. The number of carbonyl (C=O) groups excluding carboxylic acids is 2. The highest BCUT2D eigenvalue weighted by Crippen LogP contribution is 2.18. The van der Waals surface area contributed by atoms with Crippen LogP contribution in [0.15, 0.2) is 34.9 Å². The molecule has 1 fully saturated rings. The first kappa shape index (κ1) is 18.9. The van der Waals surface area contributed by atoms with Crippen molar-refractivity contribution >= 4 is 17.6 Å². The predicted octanol–water partition coefficient (Wildman–Crippen LogP) is 2.25. The summed E-state index contributed by atoms with van der Waals surface area (Å²) in [5, 5.41) is 6.38. The Kier molecular flexibility index (Phi) is 6.08. The first-order valence-corrected chi connectivity index (χ1v) is 8.83. The van der Waals surface area contributed by atoms with Crippen LogP contribution in [0, 0.1) is 6.92 Å². The number of hydrogen-bond acceptors (Lipinski definition) is 6. The summed E-state index contributed by atoms with van der Waals surface area (Å²) in [6.45, 7) is 2.65. The van der Waals surface area contributed by atoms with Crippen molar-refractivity contribution < 1.29 is 23.6 Å². The Balaban J connectivity index is 1.72. The van der Waals surface area contributed by atoms with Gasteiger partial charge in [-0.25, -0.2) is 0 Å². The molecule has 0 radical (unpaired) electrons. The fraction of sp³-hybridized carbons (Fsp3) is 0.421. The summed E-state index contributed by atoms with van der Waals surface area (Å²) in [6, 6.07) is 8.48.